The van der Waals surface area contributed by atoms with Gasteiger partial charge in [0.2, 0.25) is 0 Å². The summed E-state index contributed by atoms with van der Waals surface area (Å²) in [6.07, 6.45) is 0.780. The van der Waals surface area contributed by atoms with Crippen molar-refractivity contribution in [2.24, 2.45) is 0 Å². The molecule has 0 saturated carbocycles. The zero-order valence-electron chi connectivity index (χ0n) is 10.0. The molecule has 0 spiro atoms. The van der Waals surface area contributed by atoms with Crippen LogP contribution in [0.2, 0.25) is 0 Å². The van der Waals surface area contributed by atoms with Gasteiger partial charge in [-0.1, -0.05) is 30.3 Å². The average Bonchev–Trinajstić information content (AvgIpc) is 2.80. The van der Waals surface area contributed by atoms with E-state index in [4.69, 9.17) is 5.11 Å². The molecule has 0 atom stereocenters. The third-order valence-electron chi connectivity index (χ3n) is 2.88. The molecule has 0 unspecified atom stereocenters. The number of thiazole rings is 1. The Morgan fingerprint density at radius 1 is 1.16 bits per heavy atom. The molecule has 1 aromatic heterocycles. The highest BCUT2D eigenvalue weighted by molar-refractivity contribution is 7.18. The Morgan fingerprint density at radius 3 is 2.68 bits per heavy atom. The molecule has 19 heavy (non-hydrogen) atoms. The van der Waals surface area contributed by atoms with Gasteiger partial charge in [0.15, 0.2) is 0 Å². The van der Waals surface area contributed by atoms with E-state index in [1.807, 2.05) is 18.2 Å². The molecule has 0 aliphatic heterocycles. The van der Waals surface area contributed by atoms with Crippen molar-refractivity contribution in [1.29, 1.82) is 0 Å². The molecule has 0 bridgehead atoms. The lowest BCUT2D eigenvalue weighted by atomic mass is 10.2. The number of aromatic carboxylic acids is 1. The standard InChI is InChI=1S/C15H11NO2S/c17-15(18)11-6-7-12-13(9-11)19-14(16-12)8-10-4-2-1-3-5-10/h1-7,9H,8H2,(H,17,18). The minimum Gasteiger partial charge on any atom is -0.478 e. The monoisotopic (exact) mass is 269 g/mol. The van der Waals surface area contributed by atoms with E-state index in [9.17, 15) is 4.79 Å². The van der Waals surface area contributed by atoms with Gasteiger partial charge in [0.1, 0.15) is 0 Å². The highest BCUT2D eigenvalue weighted by Crippen LogP contribution is 2.25. The predicted molar refractivity (Wildman–Crippen MR) is 75.8 cm³/mol. The summed E-state index contributed by atoms with van der Waals surface area (Å²) in [6.45, 7) is 0. The van der Waals surface area contributed by atoms with Crippen LogP contribution in [0.15, 0.2) is 48.5 Å². The quantitative estimate of drug-likeness (QED) is 0.790. The zero-order valence-corrected chi connectivity index (χ0v) is 10.9. The number of hydrogen-bond acceptors (Lipinski definition) is 3. The van der Waals surface area contributed by atoms with Crippen molar-refractivity contribution in [2.75, 3.05) is 0 Å². The molecule has 0 fully saturated rings. The summed E-state index contributed by atoms with van der Waals surface area (Å²) in [4.78, 5) is 15.5. The van der Waals surface area contributed by atoms with Crippen LogP contribution in [0.25, 0.3) is 10.2 Å². The van der Waals surface area contributed by atoms with E-state index < -0.39 is 5.97 Å². The number of carbonyl (C=O) groups is 1. The number of fused-ring (bicyclic) bond motifs is 1. The molecule has 0 saturated heterocycles. The molecule has 0 aliphatic rings. The zero-order chi connectivity index (χ0) is 13.2. The van der Waals surface area contributed by atoms with E-state index >= 15 is 0 Å². The lowest BCUT2D eigenvalue weighted by Gasteiger charge is -1.95. The number of aromatic nitrogens is 1. The molecular weight excluding hydrogens is 258 g/mol. The van der Waals surface area contributed by atoms with Crippen molar-refractivity contribution in [3.63, 3.8) is 0 Å². The normalized spacial score (nSPS) is 10.7. The number of carboxylic acids is 1. The molecule has 1 N–H and O–H groups in total. The second-order valence-corrected chi connectivity index (χ2v) is 5.37. The van der Waals surface area contributed by atoms with Crippen LogP contribution in [0.1, 0.15) is 20.9 Å². The maximum absolute atomic E-state index is 10.9. The van der Waals surface area contributed by atoms with Gasteiger partial charge in [-0.15, -0.1) is 11.3 Å². The van der Waals surface area contributed by atoms with Crippen molar-refractivity contribution in [3.8, 4) is 0 Å². The van der Waals surface area contributed by atoms with Crippen molar-refractivity contribution in [3.05, 3.63) is 64.7 Å². The summed E-state index contributed by atoms with van der Waals surface area (Å²) >= 11 is 1.55. The molecule has 2 aromatic carbocycles. The van der Waals surface area contributed by atoms with Crippen molar-refractivity contribution < 1.29 is 9.90 Å². The van der Waals surface area contributed by atoms with Crippen molar-refractivity contribution in [2.45, 2.75) is 6.42 Å². The second-order valence-electron chi connectivity index (χ2n) is 4.26. The molecule has 1 heterocycles. The molecule has 0 aliphatic carbocycles. The maximum atomic E-state index is 10.9. The third-order valence-corrected chi connectivity index (χ3v) is 3.90. The van der Waals surface area contributed by atoms with E-state index in [-0.39, 0.29) is 0 Å². The topological polar surface area (TPSA) is 50.2 Å². The lowest BCUT2D eigenvalue weighted by Crippen LogP contribution is -1.94. The van der Waals surface area contributed by atoms with E-state index in [1.54, 1.807) is 29.5 Å². The summed E-state index contributed by atoms with van der Waals surface area (Å²) in [6, 6.07) is 15.2. The van der Waals surface area contributed by atoms with Gasteiger partial charge in [0.05, 0.1) is 20.8 Å². The molecular formula is C15H11NO2S. The first-order valence-electron chi connectivity index (χ1n) is 5.89. The molecule has 94 valence electrons. The minimum atomic E-state index is -0.903. The molecule has 3 nitrogen and oxygen atoms in total. The van der Waals surface area contributed by atoms with Gasteiger partial charge in [-0.3, -0.25) is 0 Å². The Bertz CT molecular complexity index is 734. The van der Waals surface area contributed by atoms with Crippen LogP contribution >= 0.6 is 11.3 Å². The average molecular weight is 269 g/mol. The number of nitrogens with zero attached hydrogens (tertiary/aromatic N) is 1. The van der Waals surface area contributed by atoms with Gasteiger partial charge >= 0.3 is 5.97 Å². The van der Waals surface area contributed by atoms with Crippen molar-refractivity contribution in [1.82, 2.24) is 4.98 Å². The summed E-state index contributed by atoms with van der Waals surface area (Å²) in [5.74, 6) is -0.903. The van der Waals surface area contributed by atoms with Crippen LogP contribution in [0, 0.1) is 0 Å². The first-order chi connectivity index (χ1) is 9.22. The molecule has 0 amide bonds. The van der Waals surface area contributed by atoms with Crippen LogP contribution in [0.5, 0.6) is 0 Å². The molecule has 0 radical (unpaired) electrons. The Hall–Kier alpha value is -2.20. The van der Waals surface area contributed by atoms with E-state index in [0.717, 1.165) is 21.6 Å². The Labute approximate surface area is 114 Å². The summed E-state index contributed by atoms with van der Waals surface area (Å²) in [7, 11) is 0. The fraction of sp³-hybridized carbons (Fsp3) is 0.0667. The van der Waals surface area contributed by atoms with Gasteiger partial charge < -0.3 is 5.11 Å². The van der Waals surface area contributed by atoms with Gasteiger partial charge in [0, 0.05) is 6.42 Å². The number of carboxylic acid groups (broad SMARTS) is 1. The molecule has 3 rings (SSSR count). The first-order valence-corrected chi connectivity index (χ1v) is 6.71. The fourth-order valence-electron chi connectivity index (χ4n) is 1.95. The number of hydrogen-bond donors (Lipinski definition) is 1. The van der Waals surface area contributed by atoms with E-state index in [0.29, 0.717) is 5.56 Å². The highest BCUT2D eigenvalue weighted by atomic mass is 32.1. The van der Waals surface area contributed by atoms with Crippen molar-refractivity contribution >= 4 is 27.5 Å². The van der Waals surface area contributed by atoms with Crippen LogP contribution in [-0.2, 0) is 6.42 Å². The Morgan fingerprint density at radius 2 is 1.95 bits per heavy atom. The van der Waals surface area contributed by atoms with Crippen LogP contribution in [-0.4, -0.2) is 16.1 Å². The summed E-state index contributed by atoms with van der Waals surface area (Å²) in [5.41, 5.74) is 2.38. The number of benzene rings is 2. The highest BCUT2D eigenvalue weighted by Gasteiger charge is 2.08. The largest absolute Gasteiger partial charge is 0.478 e. The van der Waals surface area contributed by atoms with Crippen LogP contribution in [0.4, 0.5) is 0 Å². The summed E-state index contributed by atoms with van der Waals surface area (Å²) in [5, 5.41) is 9.97. The summed E-state index contributed by atoms with van der Waals surface area (Å²) < 4.78 is 0.922. The van der Waals surface area contributed by atoms with Crippen LogP contribution in [0.3, 0.4) is 0 Å². The third kappa shape index (κ3) is 2.48. The van der Waals surface area contributed by atoms with Crippen LogP contribution < -0.4 is 0 Å². The molecule has 4 heteroatoms. The minimum absolute atomic E-state index is 0.308. The SMILES string of the molecule is O=C(O)c1ccc2nc(Cc3ccccc3)sc2c1. The van der Waals surface area contributed by atoms with Gasteiger partial charge in [0.25, 0.3) is 0 Å². The van der Waals surface area contributed by atoms with Gasteiger partial charge in [-0.05, 0) is 23.8 Å². The smallest absolute Gasteiger partial charge is 0.335 e. The van der Waals surface area contributed by atoms with Gasteiger partial charge in [-0.2, -0.15) is 0 Å². The first kappa shape index (κ1) is 11.9. The van der Waals surface area contributed by atoms with E-state index in [1.165, 1.54) is 5.56 Å². The van der Waals surface area contributed by atoms with E-state index in [2.05, 4.69) is 17.1 Å². The van der Waals surface area contributed by atoms with Gasteiger partial charge in [-0.25, -0.2) is 9.78 Å². The fourth-order valence-corrected chi connectivity index (χ4v) is 2.99. The maximum Gasteiger partial charge on any atom is 0.335 e. The Balaban J connectivity index is 1.95. The second kappa shape index (κ2) is 4.82. The predicted octanol–water partition coefficient (Wildman–Crippen LogP) is 3.59. The number of rotatable bonds is 3. The Kier molecular flexibility index (Phi) is 3.01. The molecule has 3 aromatic rings. The lowest BCUT2D eigenvalue weighted by molar-refractivity contribution is 0.0697.